The predicted octanol–water partition coefficient (Wildman–Crippen LogP) is 19.4. The third kappa shape index (κ3) is 10.4. The van der Waals surface area contributed by atoms with Crippen LogP contribution in [0.2, 0.25) is 0 Å². The van der Waals surface area contributed by atoms with Gasteiger partial charge in [0, 0.05) is 36.8 Å². The zero-order chi connectivity index (χ0) is 49.6. The Hall–Kier alpha value is -8.72. The second-order valence-corrected chi connectivity index (χ2v) is 19.0. The van der Waals surface area contributed by atoms with Crippen molar-refractivity contribution in [2.45, 2.75) is 27.7 Å². The molecule has 0 saturated carbocycles. The van der Waals surface area contributed by atoms with Gasteiger partial charge in [-0.2, -0.15) is 0 Å². The monoisotopic (exact) mass is 928 g/mol. The van der Waals surface area contributed by atoms with Crippen molar-refractivity contribution in [1.29, 1.82) is 0 Å². The van der Waals surface area contributed by atoms with Gasteiger partial charge in [-0.15, -0.1) is 0 Å². The topological polar surface area (TPSA) is 6.48 Å². The van der Waals surface area contributed by atoms with Gasteiger partial charge in [-0.1, -0.05) is 222 Å². The first kappa shape index (κ1) is 47.0. The first-order valence-corrected chi connectivity index (χ1v) is 24.9. The van der Waals surface area contributed by atoms with Gasteiger partial charge in [0.2, 0.25) is 0 Å². The lowest BCUT2D eigenvalue weighted by atomic mass is 9.87. The minimum Gasteiger partial charge on any atom is -0.345 e. The smallest absolute Gasteiger partial charge is 0.0408 e. The molecule has 0 aliphatic carbocycles. The first-order valence-electron chi connectivity index (χ1n) is 24.9. The number of rotatable bonds is 8. The predicted molar refractivity (Wildman–Crippen MR) is 317 cm³/mol. The van der Waals surface area contributed by atoms with Crippen LogP contribution in [0.4, 0.5) is 22.7 Å². The molecule has 12 aromatic carbocycles. The van der Waals surface area contributed by atoms with Crippen LogP contribution in [0.15, 0.2) is 231 Å². The summed E-state index contributed by atoms with van der Waals surface area (Å²) in [6, 6.07) is 82.7. The summed E-state index contributed by atoms with van der Waals surface area (Å²) in [5, 5.41) is 13.6. The standard InChI is InChI=1S/C24H14.2C23H23N/c1-2-10-18-16(6-1)14-17-9-5-12-20-19-11-3-7-15-8-4-13-21(22(15)19)24(18)23(17)20;2*1-18-4-8-20(9-5-18)10-11-21-12-16-23(17-13-21)24(3)22-14-6-19(2)7-15-22/h1-14H;2*4-17H,1-3H3/b;2*11-10+. The Morgan fingerprint density at radius 1 is 0.250 bits per heavy atom. The SMILES string of the molecule is Cc1ccc(/C=C/c2ccc(N(C)c3ccc(C)cc3)cc2)cc1.Cc1ccc(/C=C/c2ccc(N(C)c3ccc(C)cc3)cc2)cc1.c1ccc2c(c1)cc1cccc3c4cccc5cccc(c54)c2c13. The van der Waals surface area contributed by atoms with Gasteiger partial charge < -0.3 is 9.80 Å². The maximum atomic E-state index is 2.33. The number of hydrogen-bond donors (Lipinski definition) is 0. The molecule has 0 saturated heterocycles. The molecule has 0 unspecified atom stereocenters. The van der Waals surface area contributed by atoms with Crippen LogP contribution in [-0.4, -0.2) is 14.1 Å². The van der Waals surface area contributed by atoms with Crippen LogP contribution in [0.3, 0.4) is 0 Å². The molecule has 0 aliphatic rings. The molecule has 350 valence electrons. The molecule has 2 heteroatoms. The Morgan fingerprint density at radius 3 is 0.986 bits per heavy atom. The summed E-state index contributed by atoms with van der Waals surface area (Å²) in [5.74, 6) is 0. The average Bonchev–Trinajstić information content (AvgIpc) is 3.42. The highest BCUT2D eigenvalue weighted by Crippen LogP contribution is 2.43. The van der Waals surface area contributed by atoms with E-state index in [1.54, 1.807) is 0 Å². The summed E-state index contributed by atoms with van der Waals surface area (Å²) < 4.78 is 0. The van der Waals surface area contributed by atoms with Gasteiger partial charge in [0.25, 0.3) is 0 Å². The Kier molecular flexibility index (Phi) is 13.8. The zero-order valence-electron chi connectivity index (χ0n) is 42.1. The van der Waals surface area contributed by atoms with Gasteiger partial charge in [0.05, 0.1) is 0 Å². The van der Waals surface area contributed by atoms with E-state index in [4.69, 9.17) is 0 Å². The molecule has 0 aliphatic heterocycles. The van der Waals surface area contributed by atoms with E-state index in [0.717, 1.165) is 0 Å². The number of fused-ring (bicyclic) bond motifs is 4. The van der Waals surface area contributed by atoms with E-state index in [1.807, 2.05) is 0 Å². The Morgan fingerprint density at radius 2 is 0.556 bits per heavy atom. The third-order valence-electron chi connectivity index (χ3n) is 13.8. The number of hydrogen-bond acceptors (Lipinski definition) is 2. The summed E-state index contributed by atoms with van der Waals surface area (Å²) in [7, 11) is 4.20. The van der Waals surface area contributed by atoms with Crippen LogP contribution >= 0.6 is 0 Å². The van der Waals surface area contributed by atoms with Gasteiger partial charge >= 0.3 is 0 Å². The summed E-state index contributed by atoms with van der Waals surface area (Å²) >= 11 is 0. The van der Waals surface area contributed by atoms with Crippen molar-refractivity contribution in [2.75, 3.05) is 23.9 Å². The summed E-state index contributed by atoms with van der Waals surface area (Å²) in [6.45, 7) is 8.44. The molecule has 0 aromatic heterocycles. The fraction of sp³-hybridized carbons (Fsp3) is 0.0857. The highest BCUT2D eigenvalue weighted by atomic mass is 15.1. The molecule has 0 fully saturated rings. The van der Waals surface area contributed by atoms with Crippen LogP contribution in [0.5, 0.6) is 0 Å². The molecule has 2 nitrogen and oxygen atoms in total. The Labute approximate surface area is 425 Å². The van der Waals surface area contributed by atoms with Crippen molar-refractivity contribution < 1.29 is 0 Å². The summed E-state index contributed by atoms with van der Waals surface area (Å²) in [6.07, 6.45) is 8.61. The van der Waals surface area contributed by atoms with E-state index in [2.05, 4.69) is 306 Å². The van der Waals surface area contributed by atoms with E-state index in [1.165, 1.54) is 121 Å². The van der Waals surface area contributed by atoms with E-state index in [-0.39, 0.29) is 0 Å². The molecule has 0 atom stereocenters. The van der Waals surface area contributed by atoms with Gasteiger partial charge in [-0.25, -0.2) is 0 Å². The van der Waals surface area contributed by atoms with Gasteiger partial charge in [-0.05, 0) is 158 Å². The zero-order valence-corrected chi connectivity index (χ0v) is 42.1. The average molecular weight is 929 g/mol. The molecule has 0 bridgehead atoms. The largest absolute Gasteiger partial charge is 0.345 e. The summed E-state index contributed by atoms with van der Waals surface area (Å²) in [4.78, 5) is 4.40. The molecule has 0 heterocycles. The molecular formula is C70H60N2. The fourth-order valence-electron chi connectivity index (χ4n) is 9.59. The van der Waals surface area contributed by atoms with Gasteiger partial charge in [0.15, 0.2) is 0 Å². The van der Waals surface area contributed by atoms with Crippen molar-refractivity contribution >= 4 is 101 Å². The van der Waals surface area contributed by atoms with E-state index < -0.39 is 0 Å². The normalized spacial score (nSPS) is 11.4. The quantitative estimate of drug-likeness (QED) is 0.0851. The van der Waals surface area contributed by atoms with Crippen LogP contribution in [0, 0.1) is 27.7 Å². The lowest BCUT2D eigenvalue weighted by molar-refractivity contribution is 1.20. The highest BCUT2D eigenvalue weighted by Gasteiger charge is 2.15. The lowest BCUT2D eigenvalue weighted by Gasteiger charge is -2.19. The van der Waals surface area contributed by atoms with Crippen molar-refractivity contribution in [1.82, 2.24) is 0 Å². The lowest BCUT2D eigenvalue weighted by Crippen LogP contribution is -2.08. The van der Waals surface area contributed by atoms with Gasteiger partial charge in [-0.3, -0.25) is 0 Å². The van der Waals surface area contributed by atoms with Gasteiger partial charge in [0.1, 0.15) is 0 Å². The Balaban J connectivity index is 0.000000124. The van der Waals surface area contributed by atoms with Crippen LogP contribution < -0.4 is 9.80 Å². The molecule has 12 aromatic rings. The maximum Gasteiger partial charge on any atom is 0.0408 e. The van der Waals surface area contributed by atoms with E-state index in [9.17, 15) is 0 Å². The molecule has 0 radical (unpaired) electrons. The van der Waals surface area contributed by atoms with Crippen LogP contribution in [0.1, 0.15) is 44.5 Å². The molecule has 72 heavy (non-hydrogen) atoms. The molecule has 0 amide bonds. The number of nitrogens with zero attached hydrogens (tertiary/aromatic N) is 2. The minimum absolute atomic E-state index is 1.19. The minimum atomic E-state index is 1.19. The second-order valence-electron chi connectivity index (χ2n) is 19.0. The summed E-state index contributed by atoms with van der Waals surface area (Å²) in [5.41, 5.74) is 14.8. The van der Waals surface area contributed by atoms with Crippen molar-refractivity contribution in [3.05, 3.63) is 275 Å². The number of anilines is 4. The molecule has 12 rings (SSSR count). The van der Waals surface area contributed by atoms with Crippen molar-refractivity contribution in [3.8, 4) is 0 Å². The number of benzene rings is 12. The molecule has 0 N–H and O–H groups in total. The molecular weight excluding hydrogens is 869 g/mol. The van der Waals surface area contributed by atoms with Crippen molar-refractivity contribution in [3.63, 3.8) is 0 Å². The maximum absolute atomic E-state index is 2.33. The van der Waals surface area contributed by atoms with Crippen molar-refractivity contribution in [2.24, 2.45) is 0 Å². The highest BCUT2D eigenvalue weighted by molar-refractivity contribution is 6.37. The number of aryl methyl sites for hydroxylation is 4. The third-order valence-corrected chi connectivity index (χ3v) is 13.8. The van der Waals surface area contributed by atoms with E-state index >= 15 is 0 Å². The Bertz CT molecular complexity index is 3660. The van der Waals surface area contributed by atoms with Crippen LogP contribution in [0.25, 0.3) is 78.2 Å². The van der Waals surface area contributed by atoms with Crippen LogP contribution in [-0.2, 0) is 0 Å². The molecule has 0 spiro atoms. The first-order chi connectivity index (χ1) is 35.1. The van der Waals surface area contributed by atoms with E-state index in [0.29, 0.717) is 0 Å². The fourth-order valence-corrected chi connectivity index (χ4v) is 9.59. The second kappa shape index (κ2) is 21.1.